The maximum atomic E-state index is 5.96. The summed E-state index contributed by atoms with van der Waals surface area (Å²) in [6, 6.07) is 1.98. The average molecular weight is 246 g/mol. The highest BCUT2D eigenvalue weighted by molar-refractivity contribution is 5.41. The first-order valence-electron chi connectivity index (χ1n) is 7.22. The summed E-state index contributed by atoms with van der Waals surface area (Å²) in [5.41, 5.74) is 7.12. The first kappa shape index (κ1) is 11.8. The number of nitrogens with zero attached hydrogens (tertiary/aromatic N) is 3. The number of hydrogen-bond donors (Lipinski definition) is 1. The van der Waals surface area contributed by atoms with Crippen LogP contribution in [-0.4, -0.2) is 23.1 Å². The normalized spacial score (nSPS) is 21.4. The second-order valence-corrected chi connectivity index (χ2v) is 5.55. The van der Waals surface area contributed by atoms with Crippen molar-refractivity contribution in [2.24, 2.45) is 0 Å². The third kappa shape index (κ3) is 2.42. The van der Waals surface area contributed by atoms with Gasteiger partial charge in [-0.05, 0) is 32.1 Å². The van der Waals surface area contributed by atoms with Gasteiger partial charge in [0.2, 0.25) is 5.95 Å². The van der Waals surface area contributed by atoms with Crippen molar-refractivity contribution in [3.8, 4) is 0 Å². The molecule has 1 aliphatic heterocycles. The molecule has 1 aromatic heterocycles. The van der Waals surface area contributed by atoms with Crippen LogP contribution >= 0.6 is 0 Å². The van der Waals surface area contributed by atoms with Crippen molar-refractivity contribution in [2.75, 3.05) is 23.7 Å². The molecule has 0 atom stereocenters. The molecule has 2 N–H and O–H groups in total. The maximum Gasteiger partial charge on any atom is 0.227 e. The molecule has 0 amide bonds. The summed E-state index contributed by atoms with van der Waals surface area (Å²) in [5, 5.41) is 0. The summed E-state index contributed by atoms with van der Waals surface area (Å²) in [6.07, 6.45) is 9.00. The fourth-order valence-electron chi connectivity index (χ4n) is 3.14. The minimum absolute atomic E-state index is 0.610. The van der Waals surface area contributed by atoms with Crippen molar-refractivity contribution in [1.29, 1.82) is 0 Å². The summed E-state index contributed by atoms with van der Waals surface area (Å²) in [6.45, 7) is 2.15. The van der Waals surface area contributed by atoms with Crippen LogP contribution in [0.3, 0.4) is 0 Å². The number of anilines is 2. The van der Waals surface area contributed by atoms with Gasteiger partial charge in [0.1, 0.15) is 5.82 Å². The standard InChI is InChI=1S/C14H22N4/c15-13-10-12(11-6-2-3-7-11)16-14(17-13)18-8-4-1-5-9-18/h10-11H,1-9H2,(H2,15,16,17). The molecule has 0 bridgehead atoms. The van der Waals surface area contributed by atoms with Crippen LogP contribution in [0.2, 0.25) is 0 Å². The molecule has 18 heavy (non-hydrogen) atoms. The van der Waals surface area contributed by atoms with E-state index >= 15 is 0 Å². The molecule has 0 aromatic carbocycles. The minimum atomic E-state index is 0.610. The van der Waals surface area contributed by atoms with Gasteiger partial charge < -0.3 is 10.6 Å². The van der Waals surface area contributed by atoms with E-state index in [1.165, 1.54) is 50.6 Å². The van der Waals surface area contributed by atoms with E-state index in [-0.39, 0.29) is 0 Å². The molecule has 3 rings (SSSR count). The molecule has 2 fully saturated rings. The Labute approximate surface area is 109 Å². The lowest BCUT2D eigenvalue weighted by Gasteiger charge is -2.27. The van der Waals surface area contributed by atoms with Crippen LogP contribution in [0.15, 0.2) is 6.07 Å². The highest BCUT2D eigenvalue weighted by Crippen LogP contribution is 2.34. The van der Waals surface area contributed by atoms with Crippen LogP contribution in [0, 0.1) is 0 Å². The quantitative estimate of drug-likeness (QED) is 0.871. The predicted octanol–water partition coefficient (Wildman–Crippen LogP) is 2.71. The zero-order chi connectivity index (χ0) is 12.4. The van der Waals surface area contributed by atoms with E-state index in [0.717, 1.165) is 19.0 Å². The van der Waals surface area contributed by atoms with Crippen LogP contribution in [0.4, 0.5) is 11.8 Å². The van der Waals surface area contributed by atoms with Crippen LogP contribution in [0.25, 0.3) is 0 Å². The summed E-state index contributed by atoms with van der Waals surface area (Å²) in [5.74, 6) is 2.10. The van der Waals surface area contributed by atoms with Gasteiger partial charge in [-0.3, -0.25) is 0 Å². The highest BCUT2D eigenvalue weighted by Gasteiger charge is 2.21. The Hall–Kier alpha value is -1.32. The zero-order valence-corrected chi connectivity index (χ0v) is 10.9. The van der Waals surface area contributed by atoms with Gasteiger partial charge in [0.05, 0.1) is 5.69 Å². The molecule has 0 unspecified atom stereocenters. The molecule has 0 radical (unpaired) electrons. The molecule has 2 heterocycles. The Morgan fingerprint density at radius 1 is 1.00 bits per heavy atom. The average Bonchev–Trinajstić information content (AvgIpc) is 2.93. The Kier molecular flexibility index (Phi) is 3.35. The number of aromatic nitrogens is 2. The Morgan fingerprint density at radius 3 is 2.44 bits per heavy atom. The third-order valence-electron chi connectivity index (χ3n) is 4.17. The number of nitrogens with two attached hydrogens (primary N) is 1. The lowest BCUT2D eigenvalue weighted by atomic mass is 10.0. The number of rotatable bonds is 2. The van der Waals surface area contributed by atoms with Crippen molar-refractivity contribution in [1.82, 2.24) is 9.97 Å². The van der Waals surface area contributed by atoms with E-state index < -0.39 is 0 Å². The van der Waals surface area contributed by atoms with Gasteiger partial charge in [-0.2, -0.15) is 4.98 Å². The van der Waals surface area contributed by atoms with Gasteiger partial charge in [-0.25, -0.2) is 4.98 Å². The van der Waals surface area contributed by atoms with Gasteiger partial charge in [0, 0.05) is 25.1 Å². The molecular formula is C14H22N4. The first-order valence-corrected chi connectivity index (χ1v) is 7.22. The molecule has 1 aliphatic carbocycles. The lowest BCUT2D eigenvalue weighted by Crippen LogP contribution is -2.31. The fraction of sp³-hybridized carbons (Fsp3) is 0.714. The van der Waals surface area contributed by atoms with Crippen LogP contribution in [0.1, 0.15) is 56.6 Å². The molecule has 0 spiro atoms. The highest BCUT2D eigenvalue weighted by atomic mass is 15.3. The largest absolute Gasteiger partial charge is 0.384 e. The summed E-state index contributed by atoms with van der Waals surface area (Å²) in [7, 11) is 0. The van der Waals surface area contributed by atoms with E-state index in [4.69, 9.17) is 10.7 Å². The second kappa shape index (κ2) is 5.12. The van der Waals surface area contributed by atoms with E-state index in [1.807, 2.05) is 6.07 Å². The lowest BCUT2D eigenvalue weighted by molar-refractivity contribution is 0.565. The Morgan fingerprint density at radius 2 is 1.72 bits per heavy atom. The summed E-state index contributed by atoms with van der Waals surface area (Å²) in [4.78, 5) is 11.5. The van der Waals surface area contributed by atoms with Crippen LogP contribution in [-0.2, 0) is 0 Å². The van der Waals surface area contributed by atoms with Crippen LogP contribution < -0.4 is 10.6 Å². The third-order valence-corrected chi connectivity index (χ3v) is 4.17. The van der Waals surface area contributed by atoms with Crippen molar-refractivity contribution in [2.45, 2.75) is 50.9 Å². The number of hydrogen-bond acceptors (Lipinski definition) is 4. The van der Waals surface area contributed by atoms with Gasteiger partial charge in [-0.15, -0.1) is 0 Å². The van der Waals surface area contributed by atoms with E-state index in [9.17, 15) is 0 Å². The van der Waals surface area contributed by atoms with Gasteiger partial charge >= 0.3 is 0 Å². The topological polar surface area (TPSA) is 55.0 Å². The first-order chi connectivity index (χ1) is 8.83. The molecule has 1 aromatic rings. The van der Waals surface area contributed by atoms with Crippen molar-refractivity contribution in [3.05, 3.63) is 11.8 Å². The summed E-state index contributed by atoms with van der Waals surface area (Å²) >= 11 is 0. The second-order valence-electron chi connectivity index (χ2n) is 5.55. The van der Waals surface area contributed by atoms with Crippen molar-refractivity contribution >= 4 is 11.8 Å². The molecular weight excluding hydrogens is 224 g/mol. The summed E-state index contributed by atoms with van der Waals surface area (Å²) < 4.78 is 0. The number of nitrogen functional groups attached to an aromatic ring is 1. The van der Waals surface area contributed by atoms with Crippen molar-refractivity contribution in [3.63, 3.8) is 0 Å². The minimum Gasteiger partial charge on any atom is -0.384 e. The molecule has 1 saturated carbocycles. The zero-order valence-electron chi connectivity index (χ0n) is 10.9. The van der Waals surface area contributed by atoms with Gasteiger partial charge in [0.15, 0.2) is 0 Å². The SMILES string of the molecule is Nc1cc(C2CCCC2)nc(N2CCCCC2)n1. The van der Waals surface area contributed by atoms with E-state index in [2.05, 4.69) is 9.88 Å². The molecule has 98 valence electrons. The molecule has 4 heteroatoms. The smallest absolute Gasteiger partial charge is 0.227 e. The van der Waals surface area contributed by atoms with E-state index in [0.29, 0.717) is 11.7 Å². The predicted molar refractivity (Wildman–Crippen MR) is 73.7 cm³/mol. The maximum absolute atomic E-state index is 5.96. The van der Waals surface area contributed by atoms with Gasteiger partial charge in [-0.1, -0.05) is 12.8 Å². The fourth-order valence-corrected chi connectivity index (χ4v) is 3.14. The number of piperidine rings is 1. The molecule has 4 nitrogen and oxygen atoms in total. The molecule has 1 saturated heterocycles. The van der Waals surface area contributed by atoms with Crippen molar-refractivity contribution < 1.29 is 0 Å². The Bertz CT molecular complexity index is 406. The molecule has 2 aliphatic rings. The monoisotopic (exact) mass is 246 g/mol. The van der Waals surface area contributed by atoms with E-state index in [1.54, 1.807) is 0 Å². The Balaban J connectivity index is 1.84. The van der Waals surface area contributed by atoms with Crippen LogP contribution in [0.5, 0.6) is 0 Å². The van der Waals surface area contributed by atoms with Gasteiger partial charge in [0.25, 0.3) is 0 Å².